The van der Waals surface area contributed by atoms with E-state index in [9.17, 15) is 4.79 Å². The molecule has 0 aliphatic carbocycles. The fourth-order valence-corrected chi connectivity index (χ4v) is 2.27. The summed E-state index contributed by atoms with van der Waals surface area (Å²) in [5.41, 5.74) is 2.80. The van der Waals surface area contributed by atoms with Crippen molar-refractivity contribution in [3.63, 3.8) is 0 Å². The minimum Gasteiger partial charge on any atom is -0.465 e. The van der Waals surface area contributed by atoms with E-state index in [1.54, 1.807) is 13.0 Å². The van der Waals surface area contributed by atoms with Crippen molar-refractivity contribution in [2.45, 2.75) is 30.5 Å². The average Bonchev–Trinajstić information content (AvgIpc) is 2.22. The number of halogens is 3. The number of carbonyl (C=O) groups excluding carboxylic acids is 1. The van der Waals surface area contributed by atoms with E-state index in [2.05, 4.69) is 0 Å². The Labute approximate surface area is 122 Å². The molecule has 2 nitrogen and oxygen atoms in total. The first-order chi connectivity index (χ1) is 8.27. The van der Waals surface area contributed by atoms with Crippen LogP contribution in [0.1, 0.15) is 29.5 Å². The van der Waals surface area contributed by atoms with Gasteiger partial charge in [-0.05, 0) is 37.5 Å². The first-order valence-corrected chi connectivity index (χ1v) is 6.71. The van der Waals surface area contributed by atoms with E-state index in [1.165, 1.54) is 0 Å². The minimum atomic E-state index is -1.73. The normalized spacial score (nSPS) is 13.2. The van der Waals surface area contributed by atoms with Gasteiger partial charge in [-0.3, -0.25) is 4.79 Å². The molecule has 1 atom stereocenters. The molecule has 0 N–H and O–H groups in total. The summed E-state index contributed by atoms with van der Waals surface area (Å²) >= 11 is 17.7. The van der Waals surface area contributed by atoms with Gasteiger partial charge >= 0.3 is 5.97 Å². The predicted octanol–water partition coefficient (Wildman–Crippen LogP) is 4.32. The fourth-order valence-electron chi connectivity index (χ4n) is 1.63. The van der Waals surface area contributed by atoms with Crippen LogP contribution in [0.15, 0.2) is 18.2 Å². The van der Waals surface area contributed by atoms with E-state index in [1.807, 2.05) is 26.0 Å². The quantitative estimate of drug-likeness (QED) is 0.614. The molecule has 0 aliphatic rings. The zero-order chi connectivity index (χ0) is 13.9. The van der Waals surface area contributed by atoms with Crippen molar-refractivity contribution < 1.29 is 9.53 Å². The molecule has 0 saturated heterocycles. The van der Waals surface area contributed by atoms with Gasteiger partial charge in [-0.25, -0.2) is 0 Å². The Morgan fingerprint density at radius 1 is 1.28 bits per heavy atom. The molecule has 0 aliphatic heterocycles. The summed E-state index contributed by atoms with van der Waals surface area (Å²) in [4.78, 5) is 11.9. The van der Waals surface area contributed by atoms with E-state index >= 15 is 0 Å². The Balaban J connectivity index is 3.18. The monoisotopic (exact) mass is 308 g/mol. The highest BCUT2D eigenvalue weighted by Gasteiger charge is 2.40. The number of alkyl halides is 3. The molecular weight excluding hydrogens is 294 g/mol. The van der Waals surface area contributed by atoms with Crippen molar-refractivity contribution in [3.05, 3.63) is 34.9 Å². The summed E-state index contributed by atoms with van der Waals surface area (Å²) in [6, 6.07) is 5.53. The summed E-state index contributed by atoms with van der Waals surface area (Å²) < 4.78 is 3.23. The molecule has 0 aromatic heterocycles. The van der Waals surface area contributed by atoms with Gasteiger partial charge in [0.15, 0.2) is 0 Å². The van der Waals surface area contributed by atoms with Crippen molar-refractivity contribution in [2.75, 3.05) is 6.61 Å². The topological polar surface area (TPSA) is 26.3 Å². The number of rotatable bonds is 3. The lowest BCUT2D eigenvalue weighted by Crippen LogP contribution is -2.27. The maximum Gasteiger partial charge on any atom is 0.317 e. The SMILES string of the molecule is CCOC(=O)[C@@H](c1ccc(C)c(C)c1)C(Cl)(Cl)Cl. The molecule has 0 spiro atoms. The van der Waals surface area contributed by atoms with Crippen LogP contribution in [-0.2, 0) is 9.53 Å². The maximum atomic E-state index is 11.9. The molecule has 1 rings (SSSR count). The third-order valence-electron chi connectivity index (χ3n) is 2.71. The molecule has 0 bridgehead atoms. The Morgan fingerprint density at radius 3 is 2.33 bits per heavy atom. The number of esters is 1. The Kier molecular flexibility index (Phi) is 5.32. The van der Waals surface area contributed by atoms with E-state index in [4.69, 9.17) is 39.5 Å². The summed E-state index contributed by atoms with van der Waals surface area (Å²) in [7, 11) is 0. The lowest BCUT2D eigenvalue weighted by atomic mass is 9.96. The smallest absolute Gasteiger partial charge is 0.317 e. The van der Waals surface area contributed by atoms with Crippen LogP contribution < -0.4 is 0 Å². The maximum absolute atomic E-state index is 11.9. The van der Waals surface area contributed by atoms with E-state index in [-0.39, 0.29) is 6.61 Å². The molecular formula is C13H15Cl3O2. The number of aryl methyl sites for hydroxylation is 2. The van der Waals surface area contributed by atoms with Crippen LogP contribution in [-0.4, -0.2) is 16.4 Å². The fraction of sp³-hybridized carbons (Fsp3) is 0.462. The molecule has 0 amide bonds. The van der Waals surface area contributed by atoms with Gasteiger partial charge in [0, 0.05) is 0 Å². The highest BCUT2D eigenvalue weighted by Crippen LogP contribution is 2.42. The molecule has 0 fully saturated rings. The Morgan fingerprint density at radius 2 is 1.89 bits per heavy atom. The van der Waals surface area contributed by atoms with Crippen molar-refractivity contribution in [1.82, 2.24) is 0 Å². The Bertz CT molecular complexity index is 438. The molecule has 100 valence electrons. The van der Waals surface area contributed by atoms with Crippen LogP contribution in [0.3, 0.4) is 0 Å². The van der Waals surface area contributed by atoms with Gasteiger partial charge in [0.25, 0.3) is 0 Å². The van der Waals surface area contributed by atoms with Crippen molar-refractivity contribution in [2.24, 2.45) is 0 Å². The Hall–Kier alpha value is -0.440. The van der Waals surface area contributed by atoms with Crippen LogP contribution in [0.2, 0.25) is 0 Å². The van der Waals surface area contributed by atoms with E-state index in [0.29, 0.717) is 5.56 Å². The third kappa shape index (κ3) is 3.78. The van der Waals surface area contributed by atoms with Gasteiger partial charge in [0.2, 0.25) is 3.79 Å². The zero-order valence-electron chi connectivity index (χ0n) is 10.5. The summed E-state index contributed by atoms with van der Waals surface area (Å²) in [6.07, 6.45) is 0. The first-order valence-electron chi connectivity index (χ1n) is 5.58. The number of hydrogen-bond acceptors (Lipinski definition) is 2. The molecule has 5 heteroatoms. The van der Waals surface area contributed by atoms with Gasteiger partial charge in [-0.1, -0.05) is 53.0 Å². The molecule has 18 heavy (non-hydrogen) atoms. The van der Waals surface area contributed by atoms with Crippen LogP contribution >= 0.6 is 34.8 Å². The summed E-state index contributed by atoms with van der Waals surface area (Å²) in [6.45, 7) is 5.89. The van der Waals surface area contributed by atoms with E-state index in [0.717, 1.165) is 11.1 Å². The number of carbonyl (C=O) groups is 1. The zero-order valence-corrected chi connectivity index (χ0v) is 12.7. The van der Waals surface area contributed by atoms with Crippen LogP contribution in [0.25, 0.3) is 0 Å². The largest absolute Gasteiger partial charge is 0.465 e. The average molecular weight is 310 g/mol. The molecule has 0 saturated carbocycles. The van der Waals surface area contributed by atoms with Gasteiger partial charge in [-0.15, -0.1) is 0 Å². The van der Waals surface area contributed by atoms with Crippen molar-refractivity contribution >= 4 is 40.8 Å². The molecule has 0 radical (unpaired) electrons. The lowest BCUT2D eigenvalue weighted by Gasteiger charge is -2.23. The van der Waals surface area contributed by atoms with Gasteiger partial charge in [0.05, 0.1) is 6.61 Å². The second-order valence-corrected chi connectivity index (χ2v) is 6.44. The number of benzene rings is 1. The first kappa shape index (κ1) is 15.6. The lowest BCUT2D eigenvalue weighted by molar-refractivity contribution is -0.144. The highest BCUT2D eigenvalue weighted by molar-refractivity contribution is 6.68. The number of hydrogen-bond donors (Lipinski definition) is 0. The van der Waals surface area contributed by atoms with E-state index < -0.39 is 15.7 Å². The predicted molar refractivity (Wildman–Crippen MR) is 75.6 cm³/mol. The second kappa shape index (κ2) is 6.14. The molecule has 1 aromatic carbocycles. The van der Waals surface area contributed by atoms with Crippen LogP contribution in [0, 0.1) is 13.8 Å². The van der Waals surface area contributed by atoms with Crippen LogP contribution in [0.5, 0.6) is 0 Å². The van der Waals surface area contributed by atoms with Gasteiger partial charge in [-0.2, -0.15) is 0 Å². The third-order valence-corrected chi connectivity index (χ3v) is 3.37. The van der Waals surface area contributed by atoms with Gasteiger partial charge < -0.3 is 4.74 Å². The summed E-state index contributed by atoms with van der Waals surface area (Å²) in [5, 5.41) is 0. The molecule has 1 aromatic rings. The molecule has 0 heterocycles. The molecule has 0 unspecified atom stereocenters. The van der Waals surface area contributed by atoms with Crippen molar-refractivity contribution in [3.8, 4) is 0 Å². The highest BCUT2D eigenvalue weighted by atomic mass is 35.6. The van der Waals surface area contributed by atoms with Crippen molar-refractivity contribution in [1.29, 1.82) is 0 Å². The minimum absolute atomic E-state index is 0.251. The van der Waals surface area contributed by atoms with Gasteiger partial charge in [0.1, 0.15) is 5.92 Å². The second-order valence-electron chi connectivity index (χ2n) is 4.07. The van der Waals surface area contributed by atoms with Crippen LogP contribution in [0.4, 0.5) is 0 Å². The standard InChI is InChI=1S/C13H15Cl3O2/c1-4-18-12(17)11(13(14,15)16)10-6-5-8(2)9(3)7-10/h5-7,11H,4H2,1-3H3/t11-/m1/s1. The number of ether oxygens (including phenoxy) is 1. The summed E-state index contributed by atoms with van der Waals surface area (Å²) in [5.74, 6) is -1.44.